The number of carbonyl (C=O) groups is 2. The van der Waals surface area contributed by atoms with Crippen LogP contribution < -0.4 is 5.32 Å². The number of Topliss-reactive ketones (excluding diaryl/α,β-unsaturated/α-hetero) is 1. The van der Waals surface area contributed by atoms with Gasteiger partial charge in [-0.25, -0.2) is 4.79 Å². The zero-order chi connectivity index (χ0) is 15.9. The second-order valence-corrected chi connectivity index (χ2v) is 6.63. The van der Waals surface area contributed by atoms with Crippen LogP contribution in [0.1, 0.15) is 32.4 Å². The molecule has 22 heavy (non-hydrogen) atoms. The van der Waals surface area contributed by atoms with Crippen molar-refractivity contribution in [3.8, 4) is 0 Å². The molecular formula is C18H19NO3. The van der Waals surface area contributed by atoms with Crippen molar-refractivity contribution >= 4 is 22.6 Å². The molecule has 2 atom stereocenters. The molecule has 0 saturated carbocycles. The highest BCUT2D eigenvalue weighted by Crippen LogP contribution is 2.34. The molecule has 1 saturated heterocycles. The Morgan fingerprint density at radius 2 is 1.77 bits per heavy atom. The maximum absolute atomic E-state index is 12.6. The maximum Gasteiger partial charge on any atom is 0.408 e. The third-order valence-corrected chi connectivity index (χ3v) is 3.97. The van der Waals surface area contributed by atoms with Crippen molar-refractivity contribution in [1.29, 1.82) is 0 Å². The molecule has 0 aromatic heterocycles. The number of benzene rings is 2. The number of ketones is 1. The normalized spacial score (nSPS) is 21.5. The Bertz CT molecular complexity index is 740. The van der Waals surface area contributed by atoms with E-state index in [4.69, 9.17) is 4.74 Å². The summed E-state index contributed by atoms with van der Waals surface area (Å²) in [5.74, 6) is -0.0798. The molecule has 0 spiro atoms. The molecule has 1 fully saturated rings. The highest BCUT2D eigenvalue weighted by Gasteiger charge is 2.44. The fraction of sp³-hybridized carbons (Fsp3) is 0.333. The van der Waals surface area contributed by atoms with Gasteiger partial charge in [-0.15, -0.1) is 0 Å². The topological polar surface area (TPSA) is 55.4 Å². The first-order valence-corrected chi connectivity index (χ1v) is 7.37. The van der Waals surface area contributed by atoms with Crippen molar-refractivity contribution < 1.29 is 14.3 Å². The van der Waals surface area contributed by atoms with Gasteiger partial charge in [0.1, 0.15) is 6.04 Å². The van der Waals surface area contributed by atoms with E-state index in [9.17, 15) is 9.59 Å². The molecule has 0 unspecified atom stereocenters. The van der Waals surface area contributed by atoms with Crippen LogP contribution in [0.4, 0.5) is 4.79 Å². The van der Waals surface area contributed by atoms with Crippen LogP contribution in [-0.4, -0.2) is 18.0 Å². The number of ether oxygens (including phenoxy) is 1. The molecule has 0 bridgehead atoms. The Hall–Kier alpha value is -2.36. The molecule has 1 N–H and O–H groups in total. The average molecular weight is 297 g/mol. The van der Waals surface area contributed by atoms with E-state index in [0.29, 0.717) is 0 Å². The number of fused-ring (bicyclic) bond motifs is 1. The van der Waals surface area contributed by atoms with Gasteiger partial charge in [-0.1, -0.05) is 63.2 Å². The Kier molecular flexibility index (Phi) is 3.39. The summed E-state index contributed by atoms with van der Waals surface area (Å²) in [5.41, 5.74) is 0.339. The maximum atomic E-state index is 12.6. The van der Waals surface area contributed by atoms with Gasteiger partial charge < -0.3 is 10.1 Å². The molecule has 4 heteroatoms. The van der Waals surface area contributed by atoms with Gasteiger partial charge in [-0.3, -0.25) is 4.79 Å². The summed E-state index contributed by atoms with van der Waals surface area (Å²) >= 11 is 0. The minimum Gasteiger partial charge on any atom is -0.436 e. The Labute approximate surface area is 129 Å². The van der Waals surface area contributed by atoms with Crippen LogP contribution in [0.15, 0.2) is 42.5 Å². The lowest BCUT2D eigenvalue weighted by Crippen LogP contribution is -2.37. The minimum atomic E-state index is -0.793. The lowest BCUT2D eigenvalue weighted by Gasteiger charge is -2.24. The molecule has 2 aromatic carbocycles. The predicted molar refractivity (Wildman–Crippen MR) is 84.6 cm³/mol. The summed E-state index contributed by atoms with van der Waals surface area (Å²) in [6, 6.07) is 13.3. The van der Waals surface area contributed by atoms with Crippen molar-refractivity contribution in [3.63, 3.8) is 0 Å². The summed E-state index contributed by atoms with van der Waals surface area (Å²) in [6.45, 7) is 5.50. The SMILES string of the molecule is CC(C)(C)C(=O)[C@H]1OC(=O)N[C@@H]1c1cccc2ccccc12. The van der Waals surface area contributed by atoms with Gasteiger partial charge in [0.05, 0.1) is 0 Å². The molecule has 0 radical (unpaired) electrons. The lowest BCUT2D eigenvalue weighted by atomic mass is 9.83. The number of hydrogen-bond acceptors (Lipinski definition) is 3. The van der Waals surface area contributed by atoms with E-state index in [0.717, 1.165) is 16.3 Å². The Balaban J connectivity index is 2.08. The zero-order valence-electron chi connectivity index (χ0n) is 12.9. The van der Waals surface area contributed by atoms with Gasteiger partial charge in [0.2, 0.25) is 0 Å². The summed E-state index contributed by atoms with van der Waals surface area (Å²) < 4.78 is 5.27. The summed E-state index contributed by atoms with van der Waals surface area (Å²) in [7, 11) is 0. The average Bonchev–Trinajstić information content (AvgIpc) is 2.86. The van der Waals surface area contributed by atoms with E-state index >= 15 is 0 Å². The van der Waals surface area contributed by atoms with Crippen LogP contribution in [0.25, 0.3) is 10.8 Å². The number of nitrogens with one attached hydrogen (secondary N) is 1. The highest BCUT2D eigenvalue weighted by atomic mass is 16.6. The quantitative estimate of drug-likeness (QED) is 0.921. The highest BCUT2D eigenvalue weighted by molar-refractivity contribution is 5.94. The Morgan fingerprint density at radius 3 is 2.50 bits per heavy atom. The summed E-state index contributed by atoms with van der Waals surface area (Å²) in [4.78, 5) is 24.3. The number of cyclic esters (lactones) is 1. The number of amides is 1. The molecular weight excluding hydrogens is 278 g/mol. The van der Waals surface area contributed by atoms with Gasteiger partial charge in [-0.2, -0.15) is 0 Å². The molecule has 1 aliphatic heterocycles. The van der Waals surface area contributed by atoms with E-state index in [2.05, 4.69) is 5.32 Å². The van der Waals surface area contributed by atoms with E-state index < -0.39 is 23.7 Å². The summed E-state index contributed by atoms with van der Waals surface area (Å²) in [5, 5.41) is 4.88. The minimum absolute atomic E-state index is 0.0798. The molecule has 1 heterocycles. The van der Waals surface area contributed by atoms with Gasteiger partial charge in [0.25, 0.3) is 0 Å². The van der Waals surface area contributed by atoms with Gasteiger partial charge in [-0.05, 0) is 16.3 Å². The van der Waals surface area contributed by atoms with E-state index in [1.807, 2.05) is 63.2 Å². The van der Waals surface area contributed by atoms with Crippen molar-refractivity contribution in [1.82, 2.24) is 5.32 Å². The van der Waals surface area contributed by atoms with Crippen LogP contribution in [-0.2, 0) is 9.53 Å². The van der Waals surface area contributed by atoms with Crippen molar-refractivity contribution in [2.45, 2.75) is 32.9 Å². The van der Waals surface area contributed by atoms with Crippen molar-refractivity contribution in [3.05, 3.63) is 48.0 Å². The molecule has 2 aromatic rings. The number of rotatable bonds is 2. The van der Waals surface area contributed by atoms with Gasteiger partial charge >= 0.3 is 6.09 Å². The largest absolute Gasteiger partial charge is 0.436 e. The summed E-state index contributed by atoms with van der Waals surface area (Å²) in [6.07, 6.45) is -1.33. The zero-order valence-corrected chi connectivity index (χ0v) is 12.9. The third kappa shape index (κ3) is 2.45. The smallest absolute Gasteiger partial charge is 0.408 e. The number of carbonyl (C=O) groups excluding carboxylic acids is 2. The molecule has 3 rings (SSSR count). The van der Waals surface area contributed by atoms with Crippen LogP contribution in [0.5, 0.6) is 0 Å². The first kappa shape index (κ1) is 14.6. The van der Waals surface area contributed by atoms with Crippen molar-refractivity contribution in [2.75, 3.05) is 0 Å². The number of alkyl carbamates (subject to hydrolysis) is 1. The fourth-order valence-electron chi connectivity index (χ4n) is 2.81. The van der Waals surface area contributed by atoms with E-state index in [1.165, 1.54) is 0 Å². The van der Waals surface area contributed by atoms with Gasteiger partial charge in [0, 0.05) is 5.41 Å². The van der Waals surface area contributed by atoms with Crippen LogP contribution >= 0.6 is 0 Å². The molecule has 0 aliphatic carbocycles. The predicted octanol–water partition coefficient (Wildman–Crippen LogP) is 3.60. The standard InChI is InChI=1S/C18H19NO3/c1-18(2,3)16(20)15-14(19-17(21)22-15)13-10-6-8-11-7-4-5-9-12(11)13/h4-10,14-15H,1-3H3,(H,19,21)/t14-,15+/m1/s1. The van der Waals surface area contributed by atoms with Crippen LogP contribution in [0.3, 0.4) is 0 Å². The molecule has 114 valence electrons. The number of hydrogen-bond donors (Lipinski definition) is 1. The second-order valence-electron chi connectivity index (χ2n) is 6.63. The first-order chi connectivity index (χ1) is 10.4. The third-order valence-electron chi connectivity index (χ3n) is 3.97. The van der Waals surface area contributed by atoms with Crippen LogP contribution in [0, 0.1) is 5.41 Å². The molecule has 1 aliphatic rings. The van der Waals surface area contributed by atoms with E-state index in [1.54, 1.807) is 0 Å². The molecule has 1 amide bonds. The lowest BCUT2D eigenvalue weighted by molar-refractivity contribution is -0.134. The monoisotopic (exact) mass is 297 g/mol. The molecule has 4 nitrogen and oxygen atoms in total. The van der Waals surface area contributed by atoms with Crippen molar-refractivity contribution in [2.24, 2.45) is 5.41 Å². The fourth-order valence-corrected chi connectivity index (χ4v) is 2.81. The first-order valence-electron chi connectivity index (χ1n) is 7.37. The Morgan fingerprint density at radius 1 is 1.09 bits per heavy atom. The van der Waals surface area contributed by atoms with Crippen LogP contribution in [0.2, 0.25) is 0 Å². The van der Waals surface area contributed by atoms with Gasteiger partial charge in [0.15, 0.2) is 11.9 Å². The van der Waals surface area contributed by atoms with E-state index in [-0.39, 0.29) is 5.78 Å². The second kappa shape index (κ2) is 5.13.